The number of para-hydroxylation sites is 1. The number of hydrogen-bond donors (Lipinski definition) is 0. The Kier molecular flexibility index (Phi) is 8.34. The molecular formula is C58H41N. The van der Waals surface area contributed by atoms with E-state index in [1.165, 1.54) is 88.4 Å². The van der Waals surface area contributed by atoms with E-state index < -0.39 is 0 Å². The summed E-state index contributed by atoms with van der Waals surface area (Å²) in [6.07, 6.45) is 0. The summed E-state index contributed by atoms with van der Waals surface area (Å²) >= 11 is 0. The Labute approximate surface area is 346 Å². The second-order valence-corrected chi connectivity index (χ2v) is 15.7. The van der Waals surface area contributed by atoms with Crippen molar-refractivity contribution in [2.75, 3.05) is 4.90 Å². The zero-order valence-electron chi connectivity index (χ0n) is 32.9. The Balaban J connectivity index is 1.08. The third kappa shape index (κ3) is 5.62. The summed E-state index contributed by atoms with van der Waals surface area (Å²) in [6.45, 7) is 2.39. The number of benzene rings is 10. The lowest BCUT2D eigenvalue weighted by Crippen LogP contribution is -2.22. The minimum absolute atomic E-state index is 0.282. The van der Waals surface area contributed by atoms with Gasteiger partial charge < -0.3 is 4.90 Å². The lowest BCUT2D eigenvalue weighted by atomic mass is 9.74. The fraction of sp³-hybridized carbons (Fsp3) is 0.0345. The Bertz CT molecular complexity index is 3130. The van der Waals surface area contributed by atoms with Gasteiger partial charge in [0, 0.05) is 22.4 Å². The molecule has 1 aliphatic carbocycles. The second-order valence-electron chi connectivity index (χ2n) is 15.7. The Hall–Kier alpha value is -7.48. The van der Waals surface area contributed by atoms with E-state index in [4.69, 9.17) is 0 Å². The number of hydrogen-bond acceptors (Lipinski definition) is 1. The molecule has 0 saturated heterocycles. The van der Waals surface area contributed by atoms with E-state index in [2.05, 4.69) is 242 Å². The highest BCUT2D eigenvalue weighted by Gasteiger charge is 2.42. The van der Waals surface area contributed by atoms with Crippen molar-refractivity contribution in [1.82, 2.24) is 0 Å². The summed E-state index contributed by atoms with van der Waals surface area (Å²) in [5.41, 5.74) is 17.0. The molecule has 0 fully saturated rings. The SMILES string of the molecule is CC1(c2ccccc2)c2ccccc2-c2c(N(c3ccccc3)c3ccc(-c4ccc5c(c4)c(-c4ccccc4)c(-c4ccccc4)c4ccccc45)cc3)cccc21. The van der Waals surface area contributed by atoms with E-state index in [0.29, 0.717) is 0 Å². The first-order valence-electron chi connectivity index (χ1n) is 20.5. The first-order valence-corrected chi connectivity index (χ1v) is 20.5. The van der Waals surface area contributed by atoms with Gasteiger partial charge in [0.05, 0.1) is 5.69 Å². The quantitative estimate of drug-likeness (QED) is 0.147. The predicted molar refractivity (Wildman–Crippen MR) is 250 cm³/mol. The van der Waals surface area contributed by atoms with Crippen LogP contribution >= 0.6 is 0 Å². The van der Waals surface area contributed by atoms with Crippen molar-refractivity contribution in [3.05, 3.63) is 247 Å². The molecule has 0 spiro atoms. The third-order valence-electron chi connectivity index (χ3n) is 12.5. The summed E-state index contributed by atoms with van der Waals surface area (Å²) in [6, 6.07) is 84.4. The van der Waals surface area contributed by atoms with Gasteiger partial charge in [0.15, 0.2) is 0 Å². The Morgan fingerprint density at radius 3 is 1.53 bits per heavy atom. The van der Waals surface area contributed by atoms with Gasteiger partial charge >= 0.3 is 0 Å². The van der Waals surface area contributed by atoms with Crippen LogP contribution in [0.1, 0.15) is 23.6 Å². The van der Waals surface area contributed by atoms with Crippen LogP contribution in [0.5, 0.6) is 0 Å². The molecule has 1 unspecified atom stereocenters. The molecule has 1 heteroatoms. The highest BCUT2D eigenvalue weighted by Crippen LogP contribution is 2.56. The van der Waals surface area contributed by atoms with E-state index in [0.717, 1.165) is 11.4 Å². The minimum atomic E-state index is -0.282. The maximum Gasteiger partial charge on any atom is 0.0543 e. The van der Waals surface area contributed by atoms with Crippen LogP contribution in [0.15, 0.2) is 231 Å². The van der Waals surface area contributed by atoms with Gasteiger partial charge in [-0.2, -0.15) is 0 Å². The van der Waals surface area contributed by atoms with Gasteiger partial charge in [-0.3, -0.25) is 0 Å². The summed E-state index contributed by atoms with van der Waals surface area (Å²) in [4.78, 5) is 2.43. The van der Waals surface area contributed by atoms with Gasteiger partial charge in [0.25, 0.3) is 0 Å². The van der Waals surface area contributed by atoms with Crippen LogP contribution in [0.3, 0.4) is 0 Å². The average molecular weight is 752 g/mol. The molecule has 10 aromatic rings. The molecule has 59 heavy (non-hydrogen) atoms. The molecule has 0 aromatic heterocycles. The monoisotopic (exact) mass is 751 g/mol. The van der Waals surface area contributed by atoms with Crippen LogP contribution in [-0.2, 0) is 5.41 Å². The van der Waals surface area contributed by atoms with Crippen LogP contribution in [0.25, 0.3) is 66.1 Å². The highest BCUT2D eigenvalue weighted by atomic mass is 15.1. The van der Waals surface area contributed by atoms with Crippen LogP contribution in [-0.4, -0.2) is 0 Å². The molecule has 1 aliphatic rings. The summed E-state index contributed by atoms with van der Waals surface area (Å²) < 4.78 is 0. The van der Waals surface area contributed by atoms with E-state index in [9.17, 15) is 0 Å². The van der Waals surface area contributed by atoms with Crippen LogP contribution in [0.2, 0.25) is 0 Å². The first kappa shape index (κ1) is 34.7. The molecule has 1 nitrogen and oxygen atoms in total. The predicted octanol–water partition coefficient (Wildman–Crippen LogP) is 15.8. The van der Waals surface area contributed by atoms with Crippen molar-refractivity contribution < 1.29 is 0 Å². The molecule has 0 saturated carbocycles. The molecule has 0 heterocycles. The van der Waals surface area contributed by atoms with Crippen molar-refractivity contribution >= 4 is 38.6 Å². The zero-order valence-corrected chi connectivity index (χ0v) is 32.9. The lowest BCUT2D eigenvalue weighted by molar-refractivity contribution is 0.714. The standard InChI is InChI=1S/C58H41N/c1-58(44-23-10-4-11-24-44)52-30-17-16-29-50(52)57-53(58)31-18-32-54(57)59(45-25-12-5-13-26-45)46-36-33-40(34-37-46)43-35-38-48-47-27-14-15-28-49(47)55(41-19-6-2-7-20-41)56(51(48)39-43)42-21-8-3-9-22-42/h2-39H,1H3. The highest BCUT2D eigenvalue weighted by molar-refractivity contribution is 6.22. The number of rotatable bonds is 7. The Morgan fingerprint density at radius 2 is 0.831 bits per heavy atom. The molecule has 1 atom stereocenters. The van der Waals surface area contributed by atoms with E-state index in [1.807, 2.05) is 0 Å². The van der Waals surface area contributed by atoms with Crippen LogP contribution < -0.4 is 4.90 Å². The smallest absolute Gasteiger partial charge is 0.0543 e. The first-order chi connectivity index (χ1) is 29.2. The molecule has 11 rings (SSSR count). The van der Waals surface area contributed by atoms with Crippen LogP contribution in [0, 0.1) is 0 Å². The lowest BCUT2D eigenvalue weighted by Gasteiger charge is -2.30. The van der Waals surface area contributed by atoms with Crippen molar-refractivity contribution in [2.45, 2.75) is 12.3 Å². The molecule has 0 N–H and O–H groups in total. The zero-order chi connectivity index (χ0) is 39.3. The van der Waals surface area contributed by atoms with Gasteiger partial charge in [-0.25, -0.2) is 0 Å². The molecule has 10 aromatic carbocycles. The average Bonchev–Trinajstić information content (AvgIpc) is 3.59. The fourth-order valence-electron chi connectivity index (χ4n) is 9.78. The molecule has 278 valence electrons. The molecule has 0 amide bonds. The molecule has 0 bridgehead atoms. The largest absolute Gasteiger partial charge is 0.310 e. The maximum atomic E-state index is 2.43. The molecule has 0 radical (unpaired) electrons. The van der Waals surface area contributed by atoms with Crippen molar-refractivity contribution in [3.63, 3.8) is 0 Å². The van der Waals surface area contributed by atoms with Crippen molar-refractivity contribution in [1.29, 1.82) is 0 Å². The van der Waals surface area contributed by atoms with Crippen molar-refractivity contribution in [3.8, 4) is 44.5 Å². The summed E-state index contributed by atoms with van der Waals surface area (Å²) in [5.74, 6) is 0. The van der Waals surface area contributed by atoms with Gasteiger partial charge in [-0.15, -0.1) is 0 Å². The van der Waals surface area contributed by atoms with Gasteiger partial charge in [0.2, 0.25) is 0 Å². The van der Waals surface area contributed by atoms with Crippen molar-refractivity contribution in [2.24, 2.45) is 0 Å². The van der Waals surface area contributed by atoms with E-state index in [-0.39, 0.29) is 5.41 Å². The fourth-order valence-corrected chi connectivity index (χ4v) is 9.78. The summed E-state index contributed by atoms with van der Waals surface area (Å²) in [5, 5.41) is 5.04. The second kappa shape index (κ2) is 14.2. The van der Waals surface area contributed by atoms with Gasteiger partial charge in [-0.05, 0) is 121 Å². The van der Waals surface area contributed by atoms with E-state index in [1.54, 1.807) is 0 Å². The number of fused-ring (bicyclic) bond motifs is 6. The minimum Gasteiger partial charge on any atom is -0.310 e. The third-order valence-corrected chi connectivity index (χ3v) is 12.5. The normalized spacial score (nSPS) is 14.3. The number of nitrogens with zero attached hydrogens (tertiary/aromatic N) is 1. The van der Waals surface area contributed by atoms with Gasteiger partial charge in [0.1, 0.15) is 0 Å². The molecular weight excluding hydrogens is 711 g/mol. The van der Waals surface area contributed by atoms with Crippen LogP contribution in [0.4, 0.5) is 17.1 Å². The maximum absolute atomic E-state index is 2.43. The number of anilines is 3. The van der Waals surface area contributed by atoms with E-state index >= 15 is 0 Å². The summed E-state index contributed by atoms with van der Waals surface area (Å²) in [7, 11) is 0. The Morgan fingerprint density at radius 1 is 0.322 bits per heavy atom. The topological polar surface area (TPSA) is 3.24 Å². The van der Waals surface area contributed by atoms with Gasteiger partial charge in [-0.1, -0.05) is 194 Å². The molecule has 0 aliphatic heterocycles.